The van der Waals surface area contributed by atoms with Gasteiger partial charge in [-0.25, -0.2) is 0 Å². The second-order valence-electron chi connectivity index (χ2n) is 10.4. The smallest absolute Gasteiger partial charge is 0.138 e. The molecule has 3 aromatic rings. The number of piperidine rings is 1. The number of phenols is 1. The van der Waals surface area contributed by atoms with Gasteiger partial charge in [-0.05, 0) is 107 Å². The maximum Gasteiger partial charge on any atom is 0.138 e. The Kier molecular flexibility index (Phi) is 8.61. The molecule has 4 nitrogen and oxygen atoms in total. The van der Waals surface area contributed by atoms with E-state index in [9.17, 15) is 10.2 Å². The molecular weight excluding hydrogens is 468 g/mol. The number of nitrogens with zero attached hydrogens (tertiary/aromatic N) is 2. The molecule has 0 aromatic heterocycles. The minimum absolute atomic E-state index is 0.133. The summed E-state index contributed by atoms with van der Waals surface area (Å²) in [5, 5.41) is 23.3. The van der Waals surface area contributed by atoms with Crippen molar-refractivity contribution in [3.63, 3.8) is 0 Å². The standard InChI is InChI=1S/C31H39ClN2O2/c1-23(2)34(29-22-24(3)10-15-30(29)35)19-7-18-33-20-16-27(17-21-33)31(36,25-8-5-4-6-9-25)26-11-13-28(32)14-12-26/h4-6,8-15,22-23,27,35-36H,7,16-21H2,1-3H3. The van der Waals surface area contributed by atoms with Gasteiger partial charge in [-0.15, -0.1) is 0 Å². The van der Waals surface area contributed by atoms with E-state index in [-0.39, 0.29) is 5.92 Å². The highest BCUT2D eigenvalue weighted by atomic mass is 35.5. The monoisotopic (exact) mass is 506 g/mol. The lowest BCUT2D eigenvalue weighted by Crippen LogP contribution is -2.45. The lowest BCUT2D eigenvalue weighted by atomic mass is 9.72. The van der Waals surface area contributed by atoms with Gasteiger partial charge < -0.3 is 20.0 Å². The van der Waals surface area contributed by atoms with E-state index in [1.165, 1.54) is 0 Å². The Morgan fingerprint density at radius 3 is 2.25 bits per heavy atom. The largest absolute Gasteiger partial charge is 0.506 e. The van der Waals surface area contributed by atoms with Gasteiger partial charge in [0.2, 0.25) is 0 Å². The third kappa shape index (κ3) is 5.88. The van der Waals surface area contributed by atoms with Gasteiger partial charge in [-0.1, -0.05) is 60.1 Å². The van der Waals surface area contributed by atoms with E-state index in [2.05, 4.69) is 36.6 Å². The van der Waals surface area contributed by atoms with Crippen LogP contribution in [0.25, 0.3) is 0 Å². The average molecular weight is 507 g/mol. The van der Waals surface area contributed by atoms with Crippen LogP contribution in [0.5, 0.6) is 5.75 Å². The molecule has 2 N–H and O–H groups in total. The van der Waals surface area contributed by atoms with Crippen LogP contribution in [-0.2, 0) is 5.60 Å². The zero-order valence-electron chi connectivity index (χ0n) is 21.7. The molecule has 4 rings (SSSR count). The highest BCUT2D eigenvalue weighted by Crippen LogP contribution is 2.42. The first-order chi connectivity index (χ1) is 17.3. The van der Waals surface area contributed by atoms with Gasteiger partial charge in [0.15, 0.2) is 0 Å². The molecule has 0 bridgehead atoms. The highest BCUT2D eigenvalue weighted by Gasteiger charge is 2.41. The fourth-order valence-corrected chi connectivity index (χ4v) is 5.72. The van der Waals surface area contributed by atoms with Crippen LogP contribution in [-0.4, -0.2) is 47.3 Å². The van der Waals surface area contributed by atoms with Crippen molar-refractivity contribution in [3.8, 4) is 5.75 Å². The van der Waals surface area contributed by atoms with E-state index < -0.39 is 5.60 Å². The van der Waals surface area contributed by atoms with E-state index in [4.69, 9.17) is 11.6 Å². The van der Waals surface area contributed by atoms with Crippen molar-refractivity contribution in [2.75, 3.05) is 31.1 Å². The van der Waals surface area contributed by atoms with Crippen LogP contribution in [0, 0.1) is 12.8 Å². The zero-order valence-corrected chi connectivity index (χ0v) is 22.5. The number of hydrogen-bond donors (Lipinski definition) is 2. The number of anilines is 1. The molecule has 1 atom stereocenters. The first-order valence-corrected chi connectivity index (χ1v) is 13.5. The van der Waals surface area contributed by atoms with Crippen molar-refractivity contribution >= 4 is 17.3 Å². The number of aryl methyl sites for hydroxylation is 1. The topological polar surface area (TPSA) is 46.9 Å². The normalized spacial score (nSPS) is 16.7. The Morgan fingerprint density at radius 2 is 1.61 bits per heavy atom. The van der Waals surface area contributed by atoms with Gasteiger partial charge in [-0.2, -0.15) is 0 Å². The Bertz CT molecular complexity index is 1110. The molecular formula is C31H39ClN2O2. The molecule has 1 heterocycles. The summed E-state index contributed by atoms with van der Waals surface area (Å²) in [6.07, 6.45) is 2.89. The lowest BCUT2D eigenvalue weighted by Gasteiger charge is -2.42. The van der Waals surface area contributed by atoms with E-state index in [1.807, 2.05) is 60.7 Å². The van der Waals surface area contributed by atoms with E-state index in [1.54, 1.807) is 6.07 Å². The summed E-state index contributed by atoms with van der Waals surface area (Å²) in [5.74, 6) is 0.478. The zero-order chi connectivity index (χ0) is 25.7. The molecule has 0 spiro atoms. The molecule has 1 fully saturated rings. The van der Waals surface area contributed by atoms with Crippen molar-refractivity contribution in [1.82, 2.24) is 4.90 Å². The first kappa shape index (κ1) is 26.5. The molecule has 1 saturated heterocycles. The SMILES string of the molecule is Cc1ccc(O)c(N(CCCN2CCC(C(O)(c3ccccc3)c3ccc(Cl)cc3)CC2)C(C)C)c1. The number of halogens is 1. The summed E-state index contributed by atoms with van der Waals surface area (Å²) in [6.45, 7) is 10.2. The van der Waals surface area contributed by atoms with Crippen molar-refractivity contribution in [1.29, 1.82) is 0 Å². The molecule has 1 aliphatic rings. The van der Waals surface area contributed by atoms with Crippen molar-refractivity contribution < 1.29 is 10.2 Å². The van der Waals surface area contributed by atoms with E-state index >= 15 is 0 Å². The number of hydrogen-bond acceptors (Lipinski definition) is 4. The minimum atomic E-state index is -1.03. The molecule has 1 aliphatic heterocycles. The van der Waals surface area contributed by atoms with Crippen molar-refractivity contribution in [2.45, 2.75) is 51.7 Å². The highest BCUT2D eigenvalue weighted by molar-refractivity contribution is 6.30. The third-order valence-electron chi connectivity index (χ3n) is 7.61. The Hall–Kier alpha value is -2.53. The summed E-state index contributed by atoms with van der Waals surface area (Å²) >= 11 is 6.15. The Morgan fingerprint density at radius 1 is 0.972 bits per heavy atom. The van der Waals surface area contributed by atoms with E-state index in [0.29, 0.717) is 16.8 Å². The van der Waals surface area contributed by atoms with Crippen LogP contribution in [0.15, 0.2) is 72.8 Å². The molecule has 192 valence electrons. The molecule has 36 heavy (non-hydrogen) atoms. The number of likely N-dealkylation sites (tertiary alicyclic amines) is 1. The molecule has 0 saturated carbocycles. The minimum Gasteiger partial charge on any atom is -0.506 e. The predicted octanol–water partition coefficient (Wildman–Crippen LogP) is 6.61. The lowest BCUT2D eigenvalue weighted by molar-refractivity contribution is -0.0142. The van der Waals surface area contributed by atoms with Crippen molar-refractivity contribution in [2.24, 2.45) is 5.92 Å². The van der Waals surface area contributed by atoms with E-state index in [0.717, 1.165) is 67.8 Å². The fourth-order valence-electron chi connectivity index (χ4n) is 5.59. The second kappa shape index (κ2) is 11.7. The first-order valence-electron chi connectivity index (χ1n) is 13.1. The molecule has 0 amide bonds. The summed E-state index contributed by atoms with van der Waals surface area (Å²) in [5.41, 5.74) is 2.88. The Balaban J connectivity index is 1.40. The fraction of sp³-hybridized carbons (Fsp3) is 0.419. The average Bonchev–Trinajstić information content (AvgIpc) is 2.89. The summed E-state index contributed by atoms with van der Waals surface area (Å²) in [6, 6.07) is 23.8. The number of rotatable bonds is 9. The van der Waals surface area contributed by atoms with Crippen molar-refractivity contribution in [3.05, 3.63) is 94.5 Å². The summed E-state index contributed by atoms with van der Waals surface area (Å²) < 4.78 is 0. The summed E-state index contributed by atoms with van der Waals surface area (Å²) in [4.78, 5) is 4.81. The van der Waals surface area contributed by atoms with Gasteiger partial charge in [-0.3, -0.25) is 0 Å². The van der Waals surface area contributed by atoms with Crippen LogP contribution >= 0.6 is 11.6 Å². The summed E-state index contributed by atoms with van der Waals surface area (Å²) in [7, 11) is 0. The van der Waals surface area contributed by atoms with Gasteiger partial charge in [0.1, 0.15) is 11.4 Å². The number of benzene rings is 3. The number of aliphatic hydroxyl groups is 1. The second-order valence-corrected chi connectivity index (χ2v) is 10.8. The third-order valence-corrected chi connectivity index (χ3v) is 7.87. The van der Waals surface area contributed by atoms with Gasteiger partial charge >= 0.3 is 0 Å². The van der Waals surface area contributed by atoms with Gasteiger partial charge in [0.05, 0.1) is 5.69 Å². The van der Waals surface area contributed by atoms with Gasteiger partial charge in [0.25, 0.3) is 0 Å². The molecule has 1 unspecified atom stereocenters. The van der Waals surface area contributed by atoms with Crippen LogP contribution in [0.2, 0.25) is 5.02 Å². The molecule has 0 aliphatic carbocycles. The molecule has 3 aromatic carbocycles. The quantitative estimate of drug-likeness (QED) is 0.343. The molecule has 0 radical (unpaired) electrons. The number of aromatic hydroxyl groups is 1. The van der Waals surface area contributed by atoms with Crippen LogP contribution in [0.1, 0.15) is 49.8 Å². The maximum atomic E-state index is 12.1. The Labute approximate surface area is 221 Å². The maximum absolute atomic E-state index is 12.1. The van der Waals surface area contributed by atoms with Crippen LogP contribution in [0.3, 0.4) is 0 Å². The van der Waals surface area contributed by atoms with Crippen LogP contribution in [0.4, 0.5) is 5.69 Å². The number of phenolic OH excluding ortho intramolecular Hbond substituents is 1. The van der Waals surface area contributed by atoms with Gasteiger partial charge in [0, 0.05) is 17.6 Å². The predicted molar refractivity (Wildman–Crippen MR) is 150 cm³/mol. The molecule has 5 heteroatoms. The van der Waals surface area contributed by atoms with Crippen LogP contribution < -0.4 is 4.90 Å².